The average Bonchev–Trinajstić information content (AvgIpc) is 3.61. The molecule has 1 amide bonds. The number of anilines is 1. The van der Waals surface area contributed by atoms with Crippen molar-refractivity contribution in [3.8, 4) is 0 Å². The van der Waals surface area contributed by atoms with Crippen LogP contribution in [0.25, 0.3) is 10.8 Å². The minimum absolute atomic E-state index is 0.0236. The summed E-state index contributed by atoms with van der Waals surface area (Å²) in [6, 6.07) is 3.65. The molecule has 1 fully saturated rings. The first kappa shape index (κ1) is 22.8. The van der Waals surface area contributed by atoms with E-state index in [1.807, 2.05) is 32.1 Å². The molecule has 2 heterocycles. The van der Waals surface area contributed by atoms with Gasteiger partial charge in [-0.1, -0.05) is 31.9 Å². The van der Waals surface area contributed by atoms with Gasteiger partial charge in [-0.05, 0) is 62.8 Å². The van der Waals surface area contributed by atoms with Crippen molar-refractivity contribution in [2.75, 3.05) is 5.32 Å². The molecule has 6 nitrogen and oxygen atoms in total. The average molecular weight is 421 g/mol. The first-order valence-electron chi connectivity index (χ1n) is 11.1. The van der Waals surface area contributed by atoms with Gasteiger partial charge in [-0.15, -0.1) is 0 Å². The summed E-state index contributed by atoms with van der Waals surface area (Å²) in [4.78, 5) is 20.8. The Labute approximate surface area is 184 Å². The number of nitrogens with zero attached hydrogens (tertiary/aromatic N) is 2. The predicted octanol–water partition coefficient (Wildman–Crippen LogP) is 5.18. The van der Waals surface area contributed by atoms with Crippen molar-refractivity contribution in [1.29, 1.82) is 5.41 Å². The molecule has 1 aliphatic carbocycles. The van der Waals surface area contributed by atoms with Gasteiger partial charge < -0.3 is 10.4 Å². The molecule has 0 aromatic carbocycles. The van der Waals surface area contributed by atoms with Gasteiger partial charge >= 0.3 is 0 Å². The number of carbonyl (C=O) groups excluding carboxylic acids is 1. The van der Waals surface area contributed by atoms with Gasteiger partial charge in [0.25, 0.3) is 0 Å². The Bertz CT molecular complexity index is 1050. The van der Waals surface area contributed by atoms with Gasteiger partial charge in [-0.2, -0.15) is 0 Å². The summed E-state index contributed by atoms with van der Waals surface area (Å²) >= 11 is 0. The minimum Gasteiger partial charge on any atom is -0.388 e. The molecule has 3 N–H and O–H groups in total. The van der Waals surface area contributed by atoms with E-state index in [1.54, 1.807) is 12.4 Å². The van der Waals surface area contributed by atoms with E-state index in [2.05, 4.69) is 29.1 Å². The molecule has 1 saturated carbocycles. The Morgan fingerprint density at radius 2 is 1.90 bits per heavy atom. The molecule has 6 heteroatoms. The van der Waals surface area contributed by atoms with E-state index >= 15 is 0 Å². The number of nitrogens with one attached hydrogen (secondary N) is 2. The number of amides is 1. The maximum absolute atomic E-state index is 12.0. The van der Waals surface area contributed by atoms with Crippen LogP contribution in [0.4, 0.5) is 5.82 Å². The number of aliphatic hydroxyl groups is 1. The van der Waals surface area contributed by atoms with E-state index in [0.29, 0.717) is 23.6 Å². The molecule has 1 atom stereocenters. The second-order valence-corrected chi connectivity index (χ2v) is 8.35. The Morgan fingerprint density at radius 1 is 1.23 bits per heavy atom. The minimum atomic E-state index is -0.522. The monoisotopic (exact) mass is 420 g/mol. The fourth-order valence-corrected chi connectivity index (χ4v) is 3.46. The van der Waals surface area contributed by atoms with Crippen LogP contribution in [0, 0.1) is 11.3 Å². The van der Waals surface area contributed by atoms with Gasteiger partial charge in [0, 0.05) is 29.1 Å². The maximum Gasteiger partial charge on any atom is 0.228 e. The Morgan fingerprint density at radius 3 is 2.55 bits per heavy atom. The third-order valence-corrected chi connectivity index (χ3v) is 5.77. The SMILES string of the molecule is CCCC(O)C(/C=C(/C)C(=N)c1cc2cnc(NC(=O)C3CC3)cc2cn1)=C(/C)CC. The van der Waals surface area contributed by atoms with Crippen LogP contribution in [-0.4, -0.2) is 32.8 Å². The number of hydrogen-bond acceptors (Lipinski definition) is 5. The zero-order valence-corrected chi connectivity index (χ0v) is 18.8. The molecular formula is C25H32N4O2. The van der Waals surface area contributed by atoms with Crippen molar-refractivity contribution in [1.82, 2.24) is 9.97 Å². The van der Waals surface area contributed by atoms with E-state index in [4.69, 9.17) is 5.41 Å². The molecule has 1 aliphatic rings. The largest absolute Gasteiger partial charge is 0.388 e. The van der Waals surface area contributed by atoms with E-state index in [0.717, 1.165) is 53.2 Å². The molecule has 0 bridgehead atoms. The third-order valence-electron chi connectivity index (χ3n) is 5.77. The zero-order chi connectivity index (χ0) is 22.5. The molecule has 0 saturated heterocycles. The lowest BCUT2D eigenvalue weighted by Crippen LogP contribution is -2.14. The second-order valence-electron chi connectivity index (χ2n) is 8.35. The van der Waals surface area contributed by atoms with Gasteiger partial charge in [0.15, 0.2) is 0 Å². The summed E-state index contributed by atoms with van der Waals surface area (Å²) in [5.41, 5.74) is 3.65. The number of fused-ring (bicyclic) bond motifs is 1. The third kappa shape index (κ3) is 5.64. The number of hydrogen-bond donors (Lipinski definition) is 3. The summed E-state index contributed by atoms with van der Waals surface area (Å²) in [6.45, 7) is 8.03. The lowest BCUT2D eigenvalue weighted by atomic mass is 9.95. The lowest BCUT2D eigenvalue weighted by molar-refractivity contribution is -0.117. The molecule has 3 rings (SSSR count). The van der Waals surface area contributed by atoms with Gasteiger partial charge in [0.05, 0.1) is 17.5 Å². The molecule has 0 aliphatic heterocycles. The number of rotatable bonds is 9. The number of aromatic nitrogens is 2. The van der Waals surface area contributed by atoms with Crippen molar-refractivity contribution in [2.24, 2.45) is 5.92 Å². The first-order valence-corrected chi connectivity index (χ1v) is 11.1. The highest BCUT2D eigenvalue weighted by Crippen LogP contribution is 2.30. The zero-order valence-electron chi connectivity index (χ0n) is 18.8. The predicted molar refractivity (Wildman–Crippen MR) is 125 cm³/mol. The van der Waals surface area contributed by atoms with Crippen molar-refractivity contribution >= 4 is 28.2 Å². The number of pyridine rings is 2. The summed E-state index contributed by atoms with van der Waals surface area (Å²) in [5, 5.41) is 23.7. The second kappa shape index (κ2) is 9.96. The van der Waals surface area contributed by atoms with Gasteiger partial charge in [0.1, 0.15) is 5.82 Å². The van der Waals surface area contributed by atoms with Crippen molar-refractivity contribution in [2.45, 2.75) is 65.9 Å². The molecule has 31 heavy (non-hydrogen) atoms. The summed E-state index contributed by atoms with van der Waals surface area (Å²) in [6.07, 6.45) is 9.15. The molecule has 0 radical (unpaired) electrons. The van der Waals surface area contributed by atoms with Crippen molar-refractivity contribution < 1.29 is 9.90 Å². The maximum atomic E-state index is 12.0. The van der Waals surface area contributed by atoms with Crippen LogP contribution in [0.2, 0.25) is 0 Å². The fraction of sp³-hybridized carbons (Fsp3) is 0.440. The van der Waals surface area contributed by atoms with Crippen molar-refractivity contribution in [3.63, 3.8) is 0 Å². The Balaban J connectivity index is 1.83. The van der Waals surface area contributed by atoms with Crippen LogP contribution in [0.3, 0.4) is 0 Å². The summed E-state index contributed by atoms with van der Waals surface area (Å²) in [7, 11) is 0. The number of allylic oxidation sites excluding steroid dienone is 2. The molecule has 2 aromatic heterocycles. The molecule has 2 aromatic rings. The van der Waals surface area contributed by atoms with Crippen LogP contribution in [0.15, 0.2) is 47.3 Å². The van der Waals surface area contributed by atoms with Gasteiger partial charge in [-0.3, -0.25) is 15.2 Å². The summed E-state index contributed by atoms with van der Waals surface area (Å²) in [5.74, 6) is 0.676. The van der Waals surface area contributed by atoms with E-state index in [-0.39, 0.29) is 11.8 Å². The molecular weight excluding hydrogens is 388 g/mol. The number of aliphatic hydroxyl groups excluding tert-OH is 1. The smallest absolute Gasteiger partial charge is 0.228 e. The Kier molecular flexibility index (Phi) is 7.33. The van der Waals surface area contributed by atoms with Gasteiger partial charge in [0.2, 0.25) is 5.91 Å². The molecule has 0 spiro atoms. The standard InChI is InChI=1S/C25H32N4O2/c1-5-7-22(30)20(15(3)6-2)10-16(4)24(26)21-11-18-14-28-23(12-19(18)13-27-21)29-25(31)17-8-9-17/h10-14,17,22,26,30H,5-9H2,1-4H3,(H,28,29,31)/b16-10-,20-15-,26-24?. The number of carbonyl (C=O) groups is 1. The van der Waals surface area contributed by atoms with Crippen molar-refractivity contribution in [3.05, 3.63) is 53.0 Å². The van der Waals surface area contributed by atoms with Crippen LogP contribution < -0.4 is 5.32 Å². The van der Waals surface area contributed by atoms with Crippen LogP contribution >= 0.6 is 0 Å². The normalized spacial score (nSPS) is 16.1. The lowest BCUT2D eigenvalue weighted by Gasteiger charge is -2.16. The fourth-order valence-electron chi connectivity index (χ4n) is 3.46. The highest BCUT2D eigenvalue weighted by Gasteiger charge is 2.29. The van der Waals surface area contributed by atoms with Crippen LogP contribution in [0.5, 0.6) is 0 Å². The highest BCUT2D eigenvalue weighted by atomic mass is 16.3. The molecule has 1 unspecified atom stereocenters. The van der Waals surface area contributed by atoms with Crippen LogP contribution in [0.1, 0.15) is 65.5 Å². The highest BCUT2D eigenvalue weighted by molar-refractivity contribution is 6.10. The first-order chi connectivity index (χ1) is 14.8. The van der Waals surface area contributed by atoms with E-state index in [9.17, 15) is 9.90 Å². The van der Waals surface area contributed by atoms with E-state index < -0.39 is 6.10 Å². The topological polar surface area (TPSA) is 99.0 Å². The van der Waals surface area contributed by atoms with Crippen LogP contribution in [-0.2, 0) is 4.79 Å². The Hall–Kier alpha value is -2.86. The summed E-state index contributed by atoms with van der Waals surface area (Å²) < 4.78 is 0. The quantitative estimate of drug-likeness (QED) is 0.384. The van der Waals surface area contributed by atoms with E-state index in [1.165, 1.54) is 0 Å². The van der Waals surface area contributed by atoms with Gasteiger partial charge in [-0.25, -0.2) is 4.98 Å². The molecule has 164 valence electrons.